The zero-order valence-corrected chi connectivity index (χ0v) is 11.4. The van der Waals surface area contributed by atoms with Gasteiger partial charge in [-0.05, 0) is 43.4 Å². The van der Waals surface area contributed by atoms with E-state index in [4.69, 9.17) is 0 Å². The molecule has 0 bridgehead atoms. The van der Waals surface area contributed by atoms with Gasteiger partial charge in [-0.2, -0.15) is 0 Å². The first-order chi connectivity index (χ1) is 9.34. The van der Waals surface area contributed by atoms with Crippen molar-refractivity contribution in [1.29, 1.82) is 0 Å². The van der Waals surface area contributed by atoms with E-state index in [9.17, 15) is 4.79 Å². The predicted octanol–water partition coefficient (Wildman–Crippen LogP) is 2.28. The molecule has 102 valence electrons. The largest absolute Gasteiger partial charge is 0.342 e. The molecule has 1 aromatic carbocycles. The van der Waals surface area contributed by atoms with E-state index in [0.29, 0.717) is 18.4 Å². The molecule has 3 heteroatoms. The normalized spacial score (nSPS) is 22.9. The molecule has 2 aliphatic heterocycles. The number of benzene rings is 1. The average molecular weight is 258 g/mol. The van der Waals surface area contributed by atoms with Crippen LogP contribution >= 0.6 is 0 Å². The van der Waals surface area contributed by atoms with Gasteiger partial charge in [-0.15, -0.1) is 0 Å². The number of hydrogen-bond donors (Lipinski definition) is 1. The first-order valence-corrected chi connectivity index (χ1v) is 7.43. The van der Waals surface area contributed by atoms with Crippen LogP contribution in [-0.4, -0.2) is 30.4 Å². The third-order valence-electron chi connectivity index (χ3n) is 4.29. The monoisotopic (exact) mass is 258 g/mol. The van der Waals surface area contributed by atoms with E-state index in [1.54, 1.807) is 0 Å². The molecular weight excluding hydrogens is 236 g/mol. The van der Waals surface area contributed by atoms with Crippen LogP contribution in [0, 0.1) is 0 Å². The highest BCUT2D eigenvalue weighted by Gasteiger charge is 2.22. The lowest BCUT2D eigenvalue weighted by Crippen LogP contribution is -2.29. The van der Waals surface area contributed by atoms with Gasteiger partial charge >= 0.3 is 0 Å². The fraction of sp³-hybridized carbons (Fsp3) is 0.562. The second kappa shape index (κ2) is 5.74. The van der Waals surface area contributed by atoms with E-state index in [-0.39, 0.29) is 0 Å². The summed E-state index contributed by atoms with van der Waals surface area (Å²) in [5.41, 5.74) is 2.53. The highest BCUT2D eigenvalue weighted by atomic mass is 16.2. The SMILES string of the molecule is O=C(Cc1ccccc1C1CCCN1)N1CCCC1. The van der Waals surface area contributed by atoms with Gasteiger partial charge in [0.05, 0.1) is 6.42 Å². The Balaban J connectivity index is 1.74. The van der Waals surface area contributed by atoms with Crippen LogP contribution in [0.3, 0.4) is 0 Å². The maximum absolute atomic E-state index is 12.3. The fourth-order valence-corrected chi connectivity index (χ4v) is 3.23. The van der Waals surface area contributed by atoms with E-state index < -0.39 is 0 Å². The molecule has 0 radical (unpaired) electrons. The maximum Gasteiger partial charge on any atom is 0.227 e. The van der Waals surface area contributed by atoms with Crippen LogP contribution in [0.25, 0.3) is 0 Å². The molecule has 1 atom stereocenters. The molecule has 0 aromatic heterocycles. The second-order valence-corrected chi connectivity index (χ2v) is 5.61. The molecule has 19 heavy (non-hydrogen) atoms. The van der Waals surface area contributed by atoms with Gasteiger partial charge in [0.2, 0.25) is 5.91 Å². The predicted molar refractivity (Wildman–Crippen MR) is 75.9 cm³/mol. The molecule has 0 spiro atoms. The maximum atomic E-state index is 12.3. The number of carbonyl (C=O) groups is 1. The summed E-state index contributed by atoms with van der Waals surface area (Å²) < 4.78 is 0. The van der Waals surface area contributed by atoms with Crippen molar-refractivity contribution in [2.45, 2.75) is 38.1 Å². The van der Waals surface area contributed by atoms with Crippen molar-refractivity contribution >= 4 is 5.91 Å². The minimum absolute atomic E-state index is 0.294. The first kappa shape index (κ1) is 12.7. The molecule has 2 heterocycles. The van der Waals surface area contributed by atoms with Crippen LogP contribution in [0.5, 0.6) is 0 Å². The van der Waals surface area contributed by atoms with E-state index >= 15 is 0 Å². The van der Waals surface area contributed by atoms with Crippen LogP contribution in [-0.2, 0) is 11.2 Å². The van der Waals surface area contributed by atoms with Crippen LogP contribution in [0.4, 0.5) is 0 Å². The summed E-state index contributed by atoms with van der Waals surface area (Å²) in [5, 5.41) is 3.53. The smallest absolute Gasteiger partial charge is 0.227 e. The number of nitrogens with zero attached hydrogens (tertiary/aromatic N) is 1. The summed E-state index contributed by atoms with van der Waals surface area (Å²) in [4.78, 5) is 14.3. The Morgan fingerprint density at radius 2 is 2.00 bits per heavy atom. The van der Waals surface area contributed by atoms with Crippen molar-refractivity contribution in [1.82, 2.24) is 10.2 Å². The average Bonchev–Trinajstić information content (AvgIpc) is 3.13. The van der Waals surface area contributed by atoms with Gasteiger partial charge in [0, 0.05) is 19.1 Å². The summed E-state index contributed by atoms with van der Waals surface area (Å²) in [6.07, 6.45) is 5.32. The number of hydrogen-bond acceptors (Lipinski definition) is 2. The Kier molecular flexibility index (Phi) is 3.83. The van der Waals surface area contributed by atoms with E-state index in [0.717, 1.165) is 32.5 Å². The third kappa shape index (κ3) is 2.81. The summed E-state index contributed by atoms with van der Waals surface area (Å²) in [6, 6.07) is 8.87. The van der Waals surface area contributed by atoms with Gasteiger partial charge in [0.15, 0.2) is 0 Å². The van der Waals surface area contributed by atoms with Crippen molar-refractivity contribution in [3.63, 3.8) is 0 Å². The van der Waals surface area contributed by atoms with Crippen molar-refractivity contribution in [3.8, 4) is 0 Å². The number of likely N-dealkylation sites (tertiary alicyclic amines) is 1. The van der Waals surface area contributed by atoms with Crippen LogP contribution < -0.4 is 5.32 Å². The third-order valence-corrected chi connectivity index (χ3v) is 4.29. The number of rotatable bonds is 3. The summed E-state index contributed by atoms with van der Waals surface area (Å²) in [7, 11) is 0. The second-order valence-electron chi connectivity index (χ2n) is 5.61. The number of nitrogens with one attached hydrogen (secondary N) is 1. The van der Waals surface area contributed by atoms with Gasteiger partial charge in [-0.25, -0.2) is 0 Å². The fourth-order valence-electron chi connectivity index (χ4n) is 3.23. The summed E-state index contributed by atoms with van der Waals surface area (Å²) in [6.45, 7) is 2.99. The van der Waals surface area contributed by atoms with E-state index in [1.165, 1.54) is 24.0 Å². The molecule has 3 rings (SSSR count). The van der Waals surface area contributed by atoms with E-state index in [1.807, 2.05) is 11.0 Å². The topological polar surface area (TPSA) is 32.3 Å². The molecule has 0 saturated carbocycles. The van der Waals surface area contributed by atoms with Crippen LogP contribution in [0.2, 0.25) is 0 Å². The highest BCUT2D eigenvalue weighted by molar-refractivity contribution is 5.79. The summed E-state index contributed by atoms with van der Waals surface area (Å²) in [5.74, 6) is 0.294. The van der Waals surface area contributed by atoms with Crippen LogP contribution in [0.1, 0.15) is 42.9 Å². The van der Waals surface area contributed by atoms with Gasteiger partial charge in [0.1, 0.15) is 0 Å². The number of amides is 1. The molecule has 1 amide bonds. The van der Waals surface area contributed by atoms with Crippen molar-refractivity contribution in [2.75, 3.05) is 19.6 Å². The Morgan fingerprint density at radius 1 is 1.21 bits per heavy atom. The summed E-state index contributed by atoms with van der Waals surface area (Å²) >= 11 is 0. The molecule has 1 aromatic rings. The first-order valence-electron chi connectivity index (χ1n) is 7.43. The molecule has 2 fully saturated rings. The molecule has 2 aliphatic rings. The minimum Gasteiger partial charge on any atom is -0.342 e. The van der Waals surface area contributed by atoms with Gasteiger partial charge in [-0.3, -0.25) is 4.79 Å². The lowest BCUT2D eigenvalue weighted by molar-refractivity contribution is -0.129. The lowest BCUT2D eigenvalue weighted by Gasteiger charge is -2.19. The number of carbonyl (C=O) groups excluding carboxylic acids is 1. The lowest BCUT2D eigenvalue weighted by atomic mass is 9.97. The van der Waals surface area contributed by atoms with Crippen LogP contribution in [0.15, 0.2) is 24.3 Å². The van der Waals surface area contributed by atoms with Gasteiger partial charge in [0.25, 0.3) is 0 Å². The van der Waals surface area contributed by atoms with Gasteiger partial charge < -0.3 is 10.2 Å². The molecule has 2 saturated heterocycles. The zero-order chi connectivity index (χ0) is 13.1. The molecular formula is C16H22N2O. The Morgan fingerprint density at radius 3 is 2.74 bits per heavy atom. The quantitative estimate of drug-likeness (QED) is 0.902. The van der Waals surface area contributed by atoms with Crippen molar-refractivity contribution < 1.29 is 4.79 Å². The Labute approximate surface area is 115 Å². The minimum atomic E-state index is 0.294. The Hall–Kier alpha value is -1.35. The zero-order valence-electron chi connectivity index (χ0n) is 11.4. The van der Waals surface area contributed by atoms with Crippen molar-refractivity contribution in [3.05, 3.63) is 35.4 Å². The molecule has 1 N–H and O–H groups in total. The molecule has 0 aliphatic carbocycles. The molecule has 1 unspecified atom stereocenters. The molecule has 3 nitrogen and oxygen atoms in total. The van der Waals surface area contributed by atoms with Gasteiger partial charge in [-0.1, -0.05) is 24.3 Å². The standard InChI is InChI=1S/C16H22N2O/c19-16(18-10-3-4-11-18)12-13-6-1-2-7-14(13)15-8-5-9-17-15/h1-2,6-7,15,17H,3-5,8-12H2. The Bertz CT molecular complexity index is 446. The van der Waals surface area contributed by atoms with Crippen molar-refractivity contribution in [2.24, 2.45) is 0 Å². The highest BCUT2D eigenvalue weighted by Crippen LogP contribution is 2.26. The van der Waals surface area contributed by atoms with E-state index in [2.05, 4.69) is 23.5 Å².